The van der Waals surface area contributed by atoms with E-state index in [-0.39, 0.29) is 33.0 Å². The average molecular weight is 967 g/mol. The summed E-state index contributed by atoms with van der Waals surface area (Å²) in [6, 6.07) is 46.3. The molecule has 17 nitrogen and oxygen atoms in total. The molecule has 0 bridgehead atoms. The minimum absolute atomic E-state index is 0.0126. The van der Waals surface area contributed by atoms with Crippen molar-refractivity contribution >= 4 is 20.8 Å². The fourth-order valence-corrected chi connectivity index (χ4v) is 8.33. The zero-order valence-electron chi connectivity index (χ0n) is 36.5. The molecule has 2 aliphatic rings. The Balaban J connectivity index is 1.33. The summed E-state index contributed by atoms with van der Waals surface area (Å²) in [6.45, 7) is -1.45. The van der Waals surface area contributed by atoms with E-state index in [4.69, 9.17) is 51.0 Å². The highest BCUT2D eigenvalue weighted by Gasteiger charge is 2.55. The summed E-state index contributed by atoms with van der Waals surface area (Å²) in [5.74, 6) is 0. The standard InChI is InChI=1S/C48H54O17S2/c1-55-47-46(60-31-38-25-15-6-16-26-38)44(42(40(63-47)33-62-67(52,53)54)57-28-35-19-9-3-10-20-35)65-48-45(59-30-37-23-13-5-14-24-37)43(58-29-36-21-11-4-12-22-36)41(39(64-48)32-61-66(49,50)51)56-27-34-17-7-2-8-18-34/h2-26,39-48H,27-33H2,1H3,(H,49,50,51)(H,52,53,54)/t39-,40-,41-,42-,43+,44+,45-,46-,47-,48+/m1/s1. The van der Waals surface area contributed by atoms with E-state index in [9.17, 15) is 25.9 Å². The van der Waals surface area contributed by atoms with E-state index in [1.54, 1.807) is 0 Å². The van der Waals surface area contributed by atoms with E-state index < -0.39 is 95.4 Å². The molecule has 0 unspecified atom stereocenters. The van der Waals surface area contributed by atoms with E-state index in [2.05, 4.69) is 0 Å². The van der Waals surface area contributed by atoms with Gasteiger partial charge in [0.25, 0.3) is 0 Å². The van der Waals surface area contributed by atoms with Crippen molar-refractivity contribution in [3.8, 4) is 0 Å². The minimum Gasteiger partial charge on any atom is -0.368 e. The van der Waals surface area contributed by atoms with Crippen molar-refractivity contribution in [1.82, 2.24) is 0 Å². The van der Waals surface area contributed by atoms with Crippen molar-refractivity contribution in [2.45, 2.75) is 94.4 Å². The van der Waals surface area contributed by atoms with Gasteiger partial charge in [-0.3, -0.25) is 9.11 Å². The highest BCUT2D eigenvalue weighted by atomic mass is 32.3. The lowest BCUT2D eigenvalue weighted by atomic mass is 9.95. The van der Waals surface area contributed by atoms with Gasteiger partial charge in [-0.25, -0.2) is 8.37 Å². The molecule has 0 saturated carbocycles. The van der Waals surface area contributed by atoms with Gasteiger partial charge in [0.2, 0.25) is 0 Å². The van der Waals surface area contributed by atoms with Gasteiger partial charge >= 0.3 is 20.8 Å². The molecule has 360 valence electrons. The molecule has 67 heavy (non-hydrogen) atoms. The topological polar surface area (TPSA) is 210 Å². The molecule has 2 fully saturated rings. The van der Waals surface area contributed by atoms with Gasteiger partial charge in [0.15, 0.2) is 12.6 Å². The van der Waals surface area contributed by atoms with Crippen LogP contribution < -0.4 is 0 Å². The maximum atomic E-state index is 12.2. The van der Waals surface area contributed by atoms with Crippen LogP contribution >= 0.6 is 0 Å². The Morgan fingerprint density at radius 2 is 0.687 bits per heavy atom. The summed E-state index contributed by atoms with van der Waals surface area (Å²) in [4.78, 5) is 0. The first-order valence-corrected chi connectivity index (χ1v) is 24.2. The number of hydrogen-bond acceptors (Lipinski definition) is 15. The second-order valence-electron chi connectivity index (χ2n) is 15.7. The molecule has 19 heteroatoms. The molecule has 5 aromatic carbocycles. The number of methoxy groups -OCH3 is 1. The van der Waals surface area contributed by atoms with Crippen LogP contribution in [-0.2, 0) is 105 Å². The van der Waals surface area contributed by atoms with Gasteiger partial charge < -0.3 is 42.6 Å². The van der Waals surface area contributed by atoms with Gasteiger partial charge in [0.05, 0.1) is 46.2 Å². The molecule has 0 aliphatic carbocycles. The van der Waals surface area contributed by atoms with Crippen LogP contribution in [0.3, 0.4) is 0 Å². The zero-order valence-corrected chi connectivity index (χ0v) is 38.1. The van der Waals surface area contributed by atoms with Crippen molar-refractivity contribution in [1.29, 1.82) is 0 Å². The van der Waals surface area contributed by atoms with Crippen LogP contribution in [-0.4, -0.2) is 108 Å². The summed E-state index contributed by atoms with van der Waals surface area (Å²) >= 11 is 0. The van der Waals surface area contributed by atoms with Gasteiger partial charge in [-0.05, 0) is 27.8 Å². The normalized spacial score (nSPS) is 25.7. The molecule has 2 heterocycles. The number of rotatable bonds is 24. The van der Waals surface area contributed by atoms with Crippen LogP contribution in [0.15, 0.2) is 152 Å². The largest absolute Gasteiger partial charge is 0.397 e. The van der Waals surface area contributed by atoms with Crippen molar-refractivity contribution in [2.75, 3.05) is 20.3 Å². The molecule has 2 aliphatic heterocycles. The number of ether oxygens (including phenoxy) is 9. The third-order valence-corrected chi connectivity index (χ3v) is 11.8. The smallest absolute Gasteiger partial charge is 0.368 e. The quantitative estimate of drug-likeness (QED) is 0.0676. The van der Waals surface area contributed by atoms with Crippen molar-refractivity contribution in [2.24, 2.45) is 0 Å². The second-order valence-corrected chi connectivity index (χ2v) is 17.8. The first-order valence-electron chi connectivity index (χ1n) is 21.4. The molecule has 0 spiro atoms. The fraction of sp³-hybridized carbons (Fsp3) is 0.375. The maximum Gasteiger partial charge on any atom is 0.397 e. The second kappa shape index (κ2) is 24.7. The Hall–Kier alpha value is -4.52. The Morgan fingerprint density at radius 1 is 0.403 bits per heavy atom. The van der Waals surface area contributed by atoms with E-state index in [1.165, 1.54) is 7.11 Å². The molecule has 0 amide bonds. The van der Waals surface area contributed by atoms with Crippen LogP contribution in [0.2, 0.25) is 0 Å². The monoisotopic (exact) mass is 966 g/mol. The third-order valence-electron chi connectivity index (χ3n) is 10.9. The molecule has 0 aromatic heterocycles. The average Bonchev–Trinajstić information content (AvgIpc) is 3.33. The number of benzene rings is 5. The SMILES string of the molecule is CO[C@@H]1O[C@H](COS(=O)(=O)O)[C@@H](OCc2ccccc2)[C@H](O[C@@H]2O[C@H](COS(=O)(=O)O)[C@@H](OCc3ccccc3)[C@H](OCc3ccccc3)[C@H]2OCc2ccccc2)[C@H]1OCc1ccccc1. The lowest BCUT2D eigenvalue weighted by molar-refractivity contribution is -0.375. The van der Waals surface area contributed by atoms with E-state index in [0.29, 0.717) is 0 Å². The lowest BCUT2D eigenvalue weighted by Crippen LogP contribution is -2.66. The van der Waals surface area contributed by atoms with E-state index in [0.717, 1.165) is 27.8 Å². The lowest BCUT2D eigenvalue weighted by Gasteiger charge is -2.50. The predicted molar refractivity (Wildman–Crippen MR) is 239 cm³/mol. The molecule has 7 rings (SSSR count). The summed E-state index contributed by atoms with van der Waals surface area (Å²) in [5, 5.41) is 0. The third kappa shape index (κ3) is 15.5. The Kier molecular flexibility index (Phi) is 18.5. The van der Waals surface area contributed by atoms with Crippen LogP contribution in [0.5, 0.6) is 0 Å². The molecular weight excluding hydrogens is 913 g/mol. The number of hydrogen-bond donors (Lipinski definition) is 2. The van der Waals surface area contributed by atoms with Crippen molar-refractivity contribution in [3.63, 3.8) is 0 Å². The minimum atomic E-state index is -5.02. The Morgan fingerprint density at radius 3 is 1.01 bits per heavy atom. The Bertz CT molecular complexity index is 2420. The molecule has 5 aromatic rings. The van der Waals surface area contributed by atoms with Gasteiger partial charge in [-0.2, -0.15) is 16.8 Å². The Labute approximate surface area is 390 Å². The highest BCUT2D eigenvalue weighted by molar-refractivity contribution is 7.81. The maximum absolute atomic E-state index is 12.2. The van der Waals surface area contributed by atoms with E-state index >= 15 is 0 Å². The molecule has 2 saturated heterocycles. The van der Waals surface area contributed by atoms with Crippen LogP contribution in [0, 0.1) is 0 Å². The molecule has 10 atom stereocenters. The predicted octanol–water partition coefficient (Wildman–Crippen LogP) is 6.03. The van der Waals surface area contributed by atoms with Gasteiger partial charge in [0, 0.05) is 7.11 Å². The molecule has 0 radical (unpaired) electrons. The summed E-state index contributed by atoms with van der Waals surface area (Å²) in [5.41, 5.74) is 3.87. The fourth-order valence-electron chi connectivity index (χ4n) is 7.72. The van der Waals surface area contributed by atoms with Gasteiger partial charge in [0.1, 0.15) is 48.8 Å². The summed E-state index contributed by atoms with van der Waals surface area (Å²) in [6.07, 6.45) is -12.5. The van der Waals surface area contributed by atoms with Crippen molar-refractivity contribution < 1.29 is 76.9 Å². The first kappa shape index (κ1) is 50.4. The molecular formula is C48H54O17S2. The summed E-state index contributed by atoms with van der Waals surface area (Å²) in [7, 11) is -8.64. The van der Waals surface area contributed by atoms with Crippen LogP contribution in [0.25, 0.3) is 0 Å². The highest BCUT2D eigenvalue weighted by Crippen LogP contribution is 2.37. The van der Waals surface area contributed by atoms with Crippen LogP contribution in [0.4, 0.5) is 0 Å². The molecule has 2 N–H and O–H groups in total. The first-order chi connectivity index (χ1) is 32.4. The van der Waals surface area contributed by atoms with Crippen molar-refractivity contribution in [3.05, 3.63) is 179 Å². The van der Waals surface area contributed by atoms with Crippen LogP contribution in [0.1, 0.15) is 27.8 Å². The van der Waals surface area contributed by atoms with Gasteiger partial charge in [-0.15, -0.1) is 0 Å². The zero-order chi connectivity index (χ0) is 47.1. The van der Waals surface area contributed by atoms with Gasteiger partial charge in [-0.1, -0.05) is 152 Å². The summed E-state index contributed by atoms with van der Waals surface area (Å²) < 4.78 is 137. The van der Waals surface area contributed by atoms with E-state index in [1.807, 2.05) is 152 Å².